The third-order valence-corrected chi connectivity index (χ3v) is 7.29. The van der Waals surface area contributed by atoms with E-state index >= 15 is 0 Å². The Labute approximate surface area is 206 Å². The lowest BCUT2D eigenvalue weighted by Crippen LogP contribution is -2.43. The van der Waals surface area contributed by atoms with Gasteiger partial charge in [-0.3, -0.25) is 9.59 Å². The number of hydrogen-bond acceptors (Lipinski definition) is 7. The zero-order valence-electron chi connectivity index (χ0n) is 21.0. The maximum Gasteiger partial charge on any atom is 0.337 e. The molecule has 0 radical (unpaired) electrons. The van der Waals surface area contributed by atoms with Crippen molar-refractivity contribution in [3.05, 3.63) is 52.4 Å². The standard InChI is InChI=1S/C28H35NO6/c1-5-34-20-13-9-10-18(15-20)24-23(28(32)35-19-11-7-6-8-12-19)17(3)29-21-14-16(2)22(27(31)33-4)26(30)25(21)24/h9-10,13,15-16,19,22,24,29H,5-8,11-12,14H2,1-4H3/t16-,22+,24-/m0/s1. The quantitative estimate of drug-likeness (QED) is 0.470. The molecule has 0 spiro atoms. The molecule has 4 rings (SSSR count). The molecule has 3 aliphatic rings. The van der Waals surface area contributed by atoms with E-state index in [0.717, 1.165) is 43.4 Å². The first-order chi connectivity index (χ1) is 16.8. The first-order valence-corrected chi connectivity index (χ1v) is 12.6. The molecule has 35 heavy (non-hydrogen) atoms. The largest absolute Gasteiger partial charge is 0.494 e. The number of carbonyl (C=O) groups excluding carboxylic acids is 3. The molecule has 3 atom stereocenters. The highest BCUT2D eigenvalue weighted by molar-refractivity contribution is 6.12. The number of benzene rings is 1. The van der Waals surface area contributed by atoms with E-state index in [2.05, 4.69) is 5.32 Å². The molecule has 0 bridgehead atoms. The minimum absolute atomic E-state index is 0.118. The fourth-order valence-electron chi connectivity index (χ4n) is 5.63. The van der Waals surface area contributed by atoms with E-state index in [9.17, 15) is 14.4 Å². The summed E-state index contributed by atoms with van der Waals surface area (Å²) in [4.78, 5) is 40.0. The summed E-state index contributed by atoms with van der Waals surface area (Å²) in [5, 5.41) is 3.32. The molecule has 1 N–H and O–H groups in total. The molecule has 1 aromatic carbocycles. The number of methoxy groups -OCH3 is 1. The van der Waals surface area contributed by atoms with Gasteiger partial charge in [0, 0.05) is 22.9 Å². The molecule has 7 nitrogen and oxygen atoms in total. The Morgan fingerprint density at radius 2 is 1.89 bits per heavy atom. The third kappa shape index (κ3) is 5.00. The van der Waals surface area contributed by atoms with Crippen molar-refractivity contribution in [2.45, 2.75) is 71.3 Å². The molecule has 188 valence electrons. The summed E-state index contributed by atoms with van der Waals surface area (Å²) >= 11 is 0. The fraction of sp³-hybridized carbons (Fsp3) is 0.536. The summed E-state index contributed by atoms with van der Waals surface area (Å²) in [5.74, 6) is -2.40. The van der Waals surface area contributed by atoms with E-state index in [1.165, 1.54) is 7.11 Å². The average Bonchev–Trinajstić information content (AvgIpc) is 2.84. The van der Waals surface area contributed by atoms with E-state index in [-0.39, 0.29) is 17.8 Å². The van der Waals surface area contributed by atoms with Crippen molar-refractivity contribution >= 4 is 17.7 Å². The second-order valence-corrected chi connectivity index (χ2v) is 9.71. The number of carbonyl (C=O) groups is 3. The van der Waals surface area contributed by atoms with Crippen LogP contribution >= 0.6 is 0 Å². The smallest absolute Gasteiger partial charge is 0.337 e. The van der Waals surface area contributed by atoms with Gasteiger partial charge in [0.15, 0.2) is 5.78 Å². The van der Waals surface area contributed by atoms with Gasteiger partial charge in [0.05, 0.1) is 19.3 Å². The van der Waals surface area contributed by atoms with Crippen LogP contribution in [-0.4, -0.2) is 37.5 Å². The van der Waals surface area contributed by atoms with Crippen LogP contribution in [0.1, 0.15) is 70.8 Å². The summed E-state index contributed by atoms with van der Waals surface area (Å²) in [7, 11) is 1.30. The number of hydrogen-bond donors (Lipinski definition) is 1. The molecule has 0 amide bonds. The van der Waals surface area contributed by atoms with Crippen LogP contribution in [-0.2, 0) is 23.9 Å². The Balaban J connectivity index is 1.79. The van der Waals surface area contributed by atoms with Crippen molar-refractivity contribution in [2.75, 3.05) is 13.7 Å². The predicted molar refractivity (Wildman–Crippen MR) is 130 cm³/mol. The SMILES string of the molecule is CCOc1cccc([C@H]2C(C(=O)OC3CCCCC3)=C(C)NC3=C2C(=O)[C@H](C(=O)OC)[C@@H](C)C3)c1. The van der Waals surface area contributed by atoms with Crippen LogP contribution in [0.15, 0.2) is 46.8 Å². The van der Waals surface area contributed by atoms with Crippen LogP contribution in [0.4, 0.5) is 0 Å². The molecular weight excluding hydrogens is 446 g/mol. The number of ether oxygens (including phenoxy) is 3. The van der Waals surface area contributed by atoms with Crippen LogP contribution < -0.4 is 10.1 Å². The van der Waals surface area contributed by atoms with Crippen molar-refractivity contribution < 1.29 is 28.6 Å². The monoisotopic (exact) mass is 481 g/mol. The summed E-state index contributed by atoms with van der Waals surface area (Å²) in [6.45, 7) is 6.13. The Morgan fingerprint density at radius 1 is 1.14 bits per heavy atom. The summed E-state index contributed by atoms with van der Waals surface area (Å²) < 4.78 is 16.7. The molecule has 1 heterocycles. The van der Waals surface area contributed by atoms with E-state index in [1.54, 1.807) is 0 Å². The Bertz CT molecular complexity index is 1060. The highest BCUT2D eigenvalue weighted by Crippen LogP contribution is 2.46. The molecule has 0 aromatic heterocycles. The predicted octanol–water partition coefficient (Wildman–Crippen LogP) is 4.57. The number of Topliss-reactive ketones (excluding diaryl/α,β-unsaturated/α-hetero) is 1. The molecule has 2 aliphatic carbocycles. The third-order valence-electron chi connectivity index (χ3n) is 7.29. The molecule has 0 saturated heterocycles. The first-order valence-electron chi connectivity index (χ1n) is 12.6. The maximum absolute atomic E-state index is 13.8. The van der Waals surface area contributed by atoms with Gasteiger partial charge in [0.25, 0.3) is 0 Å². The van der Waals surface area contributed by atoms with Crippen molar-refractivity contribution in [1.29, 1.82) is 0 Å². The molecule has 1 aliphatic heterocycles. The highest BCUT2D eigenvalue weighted by atomic mass is 16.5. The van der Waals surface area contributed by atoms with Crippen LogP contribution in [0, 0.1) is 11.8 Å². The number of rotatable bonds is 6. The first kappa shape index (κ1) is 25.0. The van der Waals surface area contributed by atoms with Crippen LogP contribution in [0.25, 0.3) is 0 Å². The van der Waals surface area contributed by atoms with Crippen LogP contribution in [0.3, 0.4) is 0 Å². The van der Waals surface area contributed by atoms with Gasteiger partial charge in [0.2, 0.25) is 0 Å². The summed E-state index contributed by atoms with van der Waals surface area (Å²) in [5.41, 5.74) is 3.03. The second-order valence-electron chi connectivity index (χ2n) is 9.71. The van der Waals surface area contributed by atoms with Gasteiger partial charge < -0.3 is 19.5 Å². The number of esters is 2. The van der Waals surface area contributed by atoms with Gasteiger partial charge in [-0.2, -0.15) is 0 Å². The van der Waals surface area contributed by atoms with Crippen molar-refractivity contribution in [3.8, 4) is 5.75 Å². The fourth-order valence-corrected chi connectivity index (χ4v) is 5.63. The zero-order chi connectivity index (χ0) is 25.1. The van der Waals surface area contributed by atoms with Gasteiger partial charge in [-0.1, -0.05) is 25.5 Å². The molecule has 1 aromatic rings. The van der Waals surface area contributed by atoms with E-state index in [1.807, 2.05) is 45.0 Å². The number of ketones is 1. The Kier molecular flexibility index (Phi) is 7.63. The van der Waals surface area contributed by atoms with Gasteiger partial charge in [-0.15, -0.1) is 0 Å². The lowest BCUT2D eigenvalue weighted by Gasteiger charge is -2.38. The van der Waals surface area contributed by atoms with Crippen LogP contribution in [0.5, 0.6) is 5.75 Å². The number of dihydropyridines is 1. The lowest BCUT2D eigenvalue weighted by molar-refractivity contribution is -0.151. The normalized spacial score (nSPS) is 25.0. The lowest BCUT2D eigenvalue weighted by atomic mass is 9.69. The van der Waals surface area contributed by atoms with E-state index in [0.29, 0.717) is 35.6 Å². The molecular formula is C28H35NO6. The van der Waals surface area contributed by atoms with Crippen molar-refractivity contribution in [3.63, 3.8) is 0 Å². The molecule has 1 fully saturated rings. The topological polar surface area (TPSA) is 90.9 Å². The van der Waals surface area contributed by atoms with E-state index in [4.69, 9.17) is 14.2 Å². The van der Waals surface area contributed by atoms with Gasteiger partial charge in [0.1, 0.15) is 17.8 Å². The number of nitrogens with one attached hydrogen (secondary N) is 1. The van der Waals surface area contributed by atoms with Crippen LogP contribution in [0.2, 0.25) is 0 Å². The highest BCUT2D eigenvalue weighted by Gasteiger charge is 2.47. The maximum atomic E-state index is 13.8. The van der Waals surface area contributed by atoms with Gasteiger partial charge in [-0.05, 0) is 69.6 Å². The zero-order valence-corrected chi connectivity index (χ0v) is 21.0. The molecule has 0 unspecified atom stereocenters. The van der Waals surface area contributed by atoms with Crippen molar-refractivity contribution in [2.24, 2.45) is 11.8 Å². The molecule has 7 heteroatoms. The minimum atomic E-state index is -0.910. The van der Waals surface area contributed by atoms with E-state index < -0.39 is 23.8 Å². The Hall–Kier alpha value is -3.09. The molecule has 1 saturated carbocycles. The Morgan fingerprint density at radius 3 is 2.57 bits per heavy atom. The minimum Gasteiger partial charge on any atom is -0.494 e. The summed E-state index contributed by atoms with van der Waals surface area (Å²) in [6, 6.07) is 7.46. The summed E-state index contributed by atoms with van der Waals surface area (Å²) in [6.07, 6.45) is 5.33. The van der Waals surface area contributed by atoms with Crippen molar-refractivity contribution in [1.82, 2.24) is 5.32 Å². The van der Waals surface area contributed by atoms with Gasteiger partial charge in [-0.25, -0.2) is 4.79 Å². The average molecular weight is 482 g/mol. The second kappa shape index (κ2) is 10.7. The number of allylic oxidation sites excluding steroid dienone is 3. The van der Waals surface area contributed by atoms with Gasteiger partial charge >= 0.3 is 11.9 Å².